The number of nitrogens with one attached hydrogen (secondary N) is 1. The number of hydrogen-bond donors (Lipinski definition) is 1. The van der Waals surface area contributed by atoms with Crippen molar-refractivity contribution < 1.29 is 0 Å². The van der Waals surface area contributed by atoms with E-state index in [4.69, 9.17) is 0 Å². The van der Waals surface area contributed by atoms with Crippen LogP contribution in [0.3, 0.4) is 0 Å². The van der Waals surface area contributed by atoms with Gasteiger partial charge in [0.15, 0.2) is 0 Å². The fourth-order valence-corrected chi connectivity index (χ4v) is 3.28. The number of nitriles is 1. The van der Waals surface area contributed by atoms with E-state index in [0.717, 1.165) is 21.8 Å². The third-order valence-electron chi connectivity index (χ3n) is 3.44. The molecule has 0 saturated carbocycles. The van der Waals surface area contributed by atoms with E-state index in [1.807, 2.05) is 43.3 Å². The van der Waals surface area contributed by atoms with Crippen molar-refractivity contribution in [2.24, 2.45) is 0 Å². The monoisotopic (exact) mass is 293 g/mol. The van der Waals surface area contributed by atoms with Crippen LogP contribution in [-0.4, -0.2) is 4.98 Å². The summed E-state index contributed by atoms with van der Waals surface area (Å²) in [4.78, 5) is 4.66. The van der Waals surface area contributed by atoms with Gasteiger partial charge in [-0.3, -0.25) is 0 Å². The van der Waals surface area contributed by atoms with Crippen molar-refractivity contribution in [3.8, 4) is 6.07 Å². The van der Waals surface area contributed by atoms with Crippen LogP contribution in [0.5, 0.6) is 0 Å². The molecule has 0 spiro atoms. The molecule has 0 aliphatic carbocycles. The van der Waals surface area contributed by atoms with E-state index < -0.39 is 0 Å². The minimum absolute atomic E-state index is 0.0660. The molecular weight excluding hydrogens is 278 g/mol. The molecule has 1 unspecified atom stereocenters. The van der Waals surface area contributed by atoms with Crippen molar-refractivity contribution >= 4 is 27.2 Å². The molecule has 0 aliphatic rings. The molecule has 1 heterocycles. The molecule has 21 heavy (non-hydrogen) atoms. The number of thiazole rings is 1. The SMILES string of the molecule is Cc1cccc(NC(C)c2nc3ccccc3s2)c1C#N. The van der Waals surface area contributed by atoms with Gasteiger partial charge in [-0.05, 0) is 37.6 Å². The third-order valence-corrected chi connectivity index (χ3v) is 4.66. The summed E-state index contributed by atoms with van der Waals surface area (Å²) in [6, 6.07) is 16.3. The third kappa shape index (κ3) is 2.61. The van der Waals surface area contributed by atoms with Gasteiger partial charge in [0.2, 0.25) is 0 Å². The zero-order valence-electron chi connectivity index (χ0n) is 11.9. The first-order valence-electron chi connectivity index (χ1n) is 6.81. The molecule has 3 aromatic rings. The summed E-state index contributed by atoms with van der Waals surface area (Å²) >= 11 is 1.69. The van der Waals surface area contributed by atoms with Crippen LogP contribution in [0.25, 0.3) is 10.2 Å². The summed E-state index contributed by atoms with van der Waals surface area (Å²) in [6.45, 7) is 4.02. The number of aromatic nitrogens is 1. The van der Waals surface area contributed by atoms with Gasteiger partial charge in [0.05, 0.1) is 27.5 Å². The first-order chi connectivity index (χ1) is 10.2. The molecule has 0 fully saturated rings. The summed E-state index contributed by atoms with van der Waals surface area (Å²) in [5, 5.41) is 13.7. The molecule has 1 aromatic heterocycles. The van der Waals surface area contributed by atoms with E-state index in [2.05, 4.69) is 29.4 Å². The van der Waals surface area contributed by atoms with Crippen molar-refractivity contribution in [2.45, 2.75) is 19.9 Å². The maximum atomic E-state index is 9.29. The molecule has 1 atom stereocenters. The van der Waals surface area contributed by atoms with Gasteiger partial charge >= 0.3 is 0 Å². The number of para-hydroxylation sites is 1. The lowest BCUT2D eigenvalue weighted by molar-refractivity contribution is 0.873. The molecule has 3 nitrogen and oxygen atoms in total. The summed E-state index contributed by atoms with van der Waals surface area (Å²) < 4.78 is 1.19. The number of fused-ring (bicyclic) bond motifs is 1. The molecule has 4 heteroatoms. The predicted molar refractivity (Wildman–Crippen MR) is 87.6 cm³/mol. The van der Waals surface area contributed by atoms with Crippen molar-refractivity contribution in [2.75, 3.05) is 5.32 Å². The van der Waals surface area contributed by atoms with Gasteiger partial charge < -0.3 is 5.32 Å². The largest absolute Gasteiger partial charge is 0.375 e. The normalized spacial score (nSPS) is 12.0. The minimum atomic E-state index is 0.0660. The second-order valence-corrected chi connectivity index (χ2v) is 6.06. The van der Waals surface area contributed by atoms with Crippen LogP contribution < -0.4 is 5.32 Å². The zero-order chi connectivity index (χ0) is 14.8. The lowest BCUT2D eigenvalue weighted by Gasteiger charge is -2.14. The molecule has 0 amide bonds. The number of aryl methyl sites for hydroxylation is 1. The molecule has 1 N–H and O–H groups in total. The van der Waals surface area contributed by atoms with Gasteiger partial charge in [-0.1, -0.05) is 24.3 Å². The van der Waals surface area contributed by atoms with Crippen LogP contribution in [0.2, 0.25) is 0 Å². The smallest absolute Gasteiger partial charge is 0.116 e. The molecular formula is C17H15N3S. The molecule has 3 rings (SSSR count). The lowest BCUT2D eigenvalue weighted by atomic mass is 10.1. The quantitative estimate of drug-likeness (QED) is 0.764. The Labute approximate surface area is 127 Å². The average molecular weight is 293 g/mol. The van der Waals surface area contributed by atoms with Gasteiger partial charge in [0.25, 0.3) is 0 Å². The van der Waals surface area contributed by atoms with E-state index >= 15 is 0 Å². The Morgan fingerprint density at radius 3 is 2.76 bits per heavy atom. The highest BCUT2D eigenvalue weighted by Crippen LogP contribution is 2.29. The van der Waals surface area contributed by atoms with Crippen LogP contribution in [0.4, 0.5) is 5.69 Å². The Hall–Kier alpha value is -2.38. The van der Waals surface area contributed by atoms with E-state index in [1.54, 1.807) is 11.3 Å². The highest BCUT2D eigenvalue weighted by molar-refractivity contribution is 7.18. The molecule has 0 radical (unpaired) electrons. The number of benzene rings is 2. The molecule has 2 aromatic carbocycles. The zero-order valence-corrected chi connectivity index (χ0v) is 12.7. The summed E-state index contributed by atoms with van der Waals surface area (Å²) in [5.41, 5.74) is 3.57. The second kappa shape index (κ2) is 5.55. The van der Waals surface area contributed by atoms with E-state index in [1.165, 1.54) is 4.70 Å². The highest BCUT2D eigenvalue weighted by atomic mass is 32.1. The minimum Gasteiger partial charge on any atom is -0.375 e. The topological polar surface area (TPSA) is 48.7 Å². The standard InChI is InChI=1S/C17H15N3S/c1-11-6-5-8-14(13(11)10-18)19-12(2)17-20-15-7-3-4-9-16(15)21-17/h3-9,12,19H,1-2H3. The van der Waals surface area contributed by atoms with E-state index in [9.17, 15) is 5.26 Å². The fourth-order valence-electron chi connectivity index (χ4n) is 2.31. The van der Waals surface area contributed by atoms with Crippen molar-refractivity contribution in [1.29, 1.82) is 5.26 Å². The Bertz CT molecular complexity index is 796. The van der Waals surface area contributed by atoms with Crippen molar-refractivity contribution in [1.82, 2.24) is 4.98 Å². The van der Waals surface area contributed by atoms with Gasteiger partial charge in [0, 0.05) is 0 Å². The van der Waals surface area contributed by atoms with E-state index in [0.29, 0.717) is 5.56 Å². The Balaban J connectivity index is 1.91. The van der Waals surface area contributed by atoms with Crippen LogP contribution in [0.15, 0.2) is 42.5 Å². The lowest BCUT2D eigenvalue weighted by Crippen LogP contribution is -2.08. The van der Waals surface area contributed by atoms with Crippen molar-refractivity contribution in [3.63, 3.8) is 0 Å². The van der Waals surface area contributed by atoms with Gasteiger partial charge in [-0.2, -0.15) is 5.26 Å². The summed E-state index contributed by atoms with van der Waals surface area (Å²) in [5.74, 6) is 0. The highest BCUT2D eigenvalue weighted by Gasteiger charge is 2.13. The van der Waals surface area contributed by atoms with E-state index in [-0.39, 0.29) is 6.04 Å². The molecule has 104 valence electrons. The van der Waals surface area contributed by atoms with Gasteiger partial charge in [-0.15, -0.1) is 11.3 Å². The molecule has 0 saturated heterocycles. The fraction of sp³-hybridized carbons (Fsp3) is 0.176. The summed E-state index contributed by atoms with van der Waals surface area (Å²) in [6.07, 6.45) is 0. The average Bonchev–Trinajstić information content (AvgIpc) is 2.91. The van der Waals surface area contributed by atoms with Crippen LogP contribution >= 0.6 is 11.3 Å². The Kier molecular flexibility index (Phi) is 3.59. The van der Waals surface area contributed by atoms with Gasteiger partial charge in [-0.25, -0.2) is 4.98 Å². The number of nitrogens with zero attached hydrogens (tertiary/aromatic N) is 2. The van der Waals surface area contributed by atoms with Crippen LogP contribution in [-0.2, 0) is 0 Å². The first-order valence-corrected chi connectivity index (χ1v) is 7.62. The first kappa shape index (κ1) is 13.6. The second-order valence-electron chi connectivity index (χ2n) is 5.00. The van der Waals surface area contributed by atoms with Crippen LogP contribution in [0.1, 0.15) is 29.1 Å². The van der Waals surface area contributed by atoms with Gasteiger partial charge in [0.1, 0.15) is 11.1 Å². The number of rotatable bonds is 3. The molecule has 0 aliphatic heterocycles. The predicted octanol–water partition coefficient (Wildman–Crippen LogP) is 4.65. The van der Waals surface area contributed by atoms with Crippen molar-refractivity contribution in [3.05, 3.63) is 58.6 Å². The van der Waals surface area contributed by atoms with Crippen LogP contribution in [0, 0.1) is 18.3 Å². The summed E-state index contributed by atoms with van der Waals surface area (Å²) in [7, 11) is 0. The number of anilines is 1. The Morgan fingerprint density at radius 2 is 2.00 bits per heavy atom. The molecule has 0 bridgehead atoms. The Morgan fingerprint density at radius 1 is 1.19 bits per heavy atom. The number of hydrogen-bond acceptors (Lipinski definition) is 4. The maximum absolute atomic E-state index is 9.29. The maximum Gasteiger partial charge on any atom is 0.116 e.